The zero-order chi connectivity index (χ0) is 35.0. The number of hydrogen-bond donors (Lipinski definition) is 6. The molecule has 1 aliphatic carbocycles. The second kappa shape index (κ2) is 15.7. The number of carbonyl (C=O) groups is 5. The molecular weight excluding hydrogens is 626 g/mol. The van der Waals surface area contributed by atoms with Gasteiger partial charge in [-0.25, -0.2) is 9.78 Å². The summed E-state index contributed by atoms with van der Waals surface area (Å²) >= 11 is 0. The predicted octanol–water partition coefficient (Wildman–Crippen LogP) is 1.59. The summed E-state index contributed by atoms with van der Waals surface area (Å²) in [4.78, 5) is 81.8. The fourth-order valence-corrected chi connectivity index (χ4v) is 5.66. The van der Waals surface area contributed by atoms with Crippen LogP contribution < -0.4 is 21.1 Å². The summed E-state index contributed by atoms with van der Waals surface area (Å²) in [6.07, 6.45) is 5.40. The SMILES string of the molecule is C#CCN(c1ccc(C(=O)N[C@H](CCC(=O)O)C(=O)N[C@H](CCC(=O)O)C(=O)O)cc1)[C@H]1CCc2cc3nc(COC)[nH]c(=O)c3cc21. The van der Waals surface area contributed by atoms with Gasteiger partial charge in [0.25, 0.3) is 11.5 Å². The van der Waals surface area contributed by atoms with E-state index in [-0.39, 0.29) is 36.7 Å². The molecule has 1 heterocycles. The van der Waals surface area contributed by atoms with Crippen molar-refractivity contribution in [2.45, 2.75) is 63.3 Å². The van der Waals surface area contributed by atoms with E-state index in [0.29, 0.717) is 28.8 Å². The van der Waals surface area contributed by atoms with Gasteiger partial charge in [-0.1, -0.05) is 5.92 Å². The van der Waals surface area contributed by atoms with E-state index in [9.17, 15) is 33.9 Å². The van der Waals surface area contributed by atoms with E-state index in [1.54, 1.807) is 12.1 Å². The van der Waals surface area contributed by atoms with Crippen molar-refractivity contribution in [2.24, 2.45) is 0 Å². The lowest BCUT2D eigenvalue weighted by molar-refractivity contribution is -0.143. The number of aromatic amines is 1. The number of carboxylic acid groups (broad SMARTS) is 3. The lowest BCUT2D eigenvalue weighted by Gasteiger charge is -2.30. The maximum atomic E-state index is 13.2. The first kappa shape index (κ1) is 35.1. The standard InChI is InChI=1S/C33H35N5O10/c1-3-14-38(26-11-6-19-15-25-22(16-21(19)26)31(44)37-27(34-25)17-48-2)20-7-4-18(5-8-20)30(43)35-23(9-12-28(39)40)32(45)36-24(33(46)47)10-13-29(41)42/h1,4-5,7-8,15-16,23-24,26H,6,9-14,17H2,2H3,(H,35,43)(H,36,45)(H,39,40)(H,41,42)(H,46,47)(H,34,37,44)/t23-,24-,26+/m1/s1. The number of nitrogens with one attached hydrogen (secondary N) is 3. The van der Waals surface area contributed by atoms with Crippen LogP contribution >= 0.6 is 0 Å². The van der Waals surface area contributed by atoms with Crippen LogP contribution in [0.1, 0.15) is 65.5 Å². The van der Waals surface area contributed by atoms with E-state index in [0.717, 1.165) is 17.5 Å². The Bertz CT molecular complexity index is 1810. The topological polar surface area (TPSA) is 228 Å². The molecule has 48 heavy (non-hydrogen) atoms. The predicted molar refractivity (Wildman–Crippen MR) is 171 cm³/mol. The first-order chi connectivity index (χ1) is 22.9. The van der Waals surface area contributed by atoms with Gasteiger partial charge in [-0.05, 0) is 73.2 Å². The zero-order valence-electron chi connectivity index (χ0n) is 26.0. The first-order valence-corrected chi connectivity index (χ1v) is 15.0. The molecule has 15 nitrogen and oxygen atoms in total. The van der Waals surface area contributed by atoms with Crippen LogP contribution in [0.2, 0.25) is 0 Å². The van der Waals surface area contributed by atoms with Crippen LogP contribution in [0.25, 0.3) is 10.9 Å². The minimum absolute atomic E-state index is 0.135. The quantitative estimate of drug-likeness (QED) is 0.120. The van der Waals surface area contributed by atoms with Gasteiger partial charge in [0.05, 0.1) is 23.5 Å². The van der Waals surface area contributed by atoms with Crippen molar-refractivity contribution < 1.29 is 44.0 Å². The number of methoxy groups -OCH3 is 1. The Labute approximate surface area is 274 Å². The highest BCUT2D eigenvalue weighted by Crippen LogP contribution is 2.39. The van der Waals surface area contributed by atoms with Gasteiger partial charge in [-0.15, -0.1) is 6.42 Å². The number of aromatic nitrogens is 2. The van der Waals surface area contributed by atoms with Crippen LogP contribution in [-0.4, -0.2) is 80.7 Å². The maximum Gasteiger partial charge on any atom is 0.326 e. The van der Waals surface area contributed by atoms with Crippen molar-refractivity contribution in [3.05, 3.63) is 69.3 Å². The van der Waals surface area contributed by atoms with E-state index in [1.807, 2.05) is 17.0 Å². The van der Waals surface area contributed by atoms with E-state index in [4.69, 9.17) is 21.4 Å². The van der Waals surface area contributed by atoms with Crippen molar-refractivity contribution in [3.63, 3.8) is 0 Å². The number of ether oxygens (including phenoxy) is 1. The molecule has 0 saturated heterocycles. The molecule has 6 N–H and O–H groups in total. The van der Waals surface area contributed by atoms with Gasteiger partial charge in [-0.3, -0.25) is 24.0 Å². The molecule has 0 bridgehead atoms. The fourth-order valence-electron chi connectivity index (χ4n) is 5.66. The number of aryl methyl sites for hydroxylation is 1. The van der Waals surface area contributed by atoms with Gasteiger partial charge < -0.3 is 40.6 Å². The number of aliphatic carboxylic acids is 3. The Morgan fingerprint density at radius 2 is 1.71 bits per heavy atom. The smallest absolute Gasteiger partial charge is 0.326 e. The molecule has 0 unspecified atom stereocenters. The van der Waals surface area contributed by atoms with Crippen LogP contribution in [0.4, 0.5) is 5.69 Å². The fraction of sp³-hybridized carbons (Fsp3) is 0.364. The monoisotopic (exact) mass is 661 g/mol. The summed E-state index contributed by atoms with van der Waals surface area (Å²) in [5.74, 6) is -2.56. The summed E-state index contributed by atoms with van der Waals surface area (Å²) in [5, 5.41) is 32.5. The number of carbonyl (C=O) groups excluding carboxylic acids is 2. The highest BCUT2D eigenvalue weighted by Gasteiger charge is 2.30. The minimum atomic E-state index is -1.55. The Hall–Kier alpha value is -5.75. The zero-order valence-corrected chi connectivity index (χ0v) is 26.0. The number of terminal acetylenes is 1. The number of amides is 2. The van der Waals surface area contributed by atoms with Crippen LogP contribution in [0, 0.1) is 12.3 Å². The summed E-state index contributed by atoms with van der Waals surface area (Å²) in [6.45, 7) is 0.393. The molecule has 0 radical (unpaired) electrons. The van der Waals surface area contributed by atoms with Crippen molar-refractivity contribution in [1.29, 1.82) is 0 Å². The van der Waals surface area contributed by atoms with Gasteiger partial charge in [0.15, 0.2) is 0 Å². The first-order valence-electron chi connectivity index (χ1n) is 15.0. The number of H-pyrrole nitrogens is 1. The van der Waals surface area contributed by atoms with Gasteiger partial charge in [-0.2, -0.15) is 0 Å². The Morgan fingerprint density at radius 1 is 1.04 bits per heavy atom. The molecule has 0 saturated carbocycles. The van der Waals surface area contributed by atoms with E-state index in [1.165, 1.54) is 19.2 Å². The highest BCUT2D eigenvalue weighted by molar-refractivity contribution is 5.98. The molecule has 2 amide bonds. The van der Waals surface area contributed by atoms with Crippen LogP contribution in [0.3, 0.4) is 0 Å². The molecule has 0 fully saturated rings. The second-order valence-corrected chi connectivity index (χ2v) is 11.2. The number of carboxylic acids is 3. The molecule has 1 aliphatic rings. The lowest BCUT2D eigenvalue weighted by Crippen LogP contribution is -2.51. The van der Waals surface area contributed by atoms with Gasteiger partial charge in [0.1, 0.15) is 24.5 Å². The summed E-state index contributed by atoms with van der Waals surface area (Å²) < 4.78 is 5.10. The molecule has 2 aromatic carbocycles. The summed E-state index contributed by atoms with van der Waals surface area (Å²) in [7, 11) is 1.52. The maximum absolute atomic E-state index is 13.2. The van der Waals surface area contributed by atoms with Crippen LogP contribution in [0.15, 0.2) is 41.2 Å². The lowest BCUT2D eigenvalue weighted by atomic mass is 10.0. The Morgan fingerprint density at radius 3 is 2.31 bits per heavy atom. The van der Waals surface area contributed by atoms with Crippen LogP contribution in [-0.2, 0) is 36.9 Å². The van der Waals surface area contributed by atoms with Crippen molar-refractivity contribution in [1.82, 2.24) is 20.6 Å². The average Bonchev–Trinajstić information content (AvgIpc) is 3.45. The largest absolute Gasteiger partial charge is 0.481 e. The van der Waals surface area contributed by atoms with E-state index >= 15 is 0 Å². The molecule has 3 aromatic rings. The van der Waals surface area contributed by atoms with Crippen molar-refractivity contribution in [2.75, 3.05) is 18.6 Å². The number of benzene rings is 2. The third kappa shape index (κ3) is 8.53. The molecule has 15 heteroatoms. The van der Waals surface area contributed by atoms with Gasteiger partial charge in [0.2, 0.25) is 5.91 Å². The van der Waals surface area contributed by atoms with E-state index < -0.39 is 61.1 Å². The molecule has 252 valence electrons. The van der Waals surface area contributed by atoms with Crippen molar-refractivity contribution >= 4 is 46.3 Å². The number of anilines is 1. The number of hydrogen-bond acceptors (Lipinski definition) is 9. The third-order valence-corrected chi connectivity index (χ3v) is 7.97. The number of rotatable bonds is 16. The number of nitrogens with zero attached hydrogens (tertiary/aromatic N) is 2. The second-order valence-electron chi connectivity index (χ2n) is 11.2. The average molecular weight is 662 g/mol. The third-order valence-electron chi connectivity index (χ3n) is 7.97. The molecule has 1 aromatic heterocycles. The van der Waals surface area contributed by atoms with Gasteiger partial charge in [0, 0.05) is 31.2 Å². The molecule has 0 spiro atoms. The Kier molecular flexibility index (Phi) is 11.5. The Balaban J connectivity index is 1.53. The van der Waals surface area contributed by atoms with Crippen molar-refractivity contribution in [3.8, 4) is 12.3 Å². The molecule has 0 aliphatic heterocycles. The minimum Gasteiger partial charge on any atom is -0.481 e. The van der Waals surface area contributed by atoms with Crippen LogP contribution in [0.5, 0.6) is 0 Å². The van der Waals surface area contributed by atoms with E-state index in [2.05, 4.69) is 26.5 Å². The summed E-state index contributed by atoms with van der Waals surface area (Å²) in [6, 6.07) is 6.96. The number of fused-ring (bicyclic) bond motifs is 2. The summed E-state index contributed by atoms with van der Waals surface area (Å²) in [5.41, 5.74) is 3.07. The molecule has 3 atom stereocenters. The molecular formula is C33H35N5O10. The highest BCUT2D eigenvalue weighted by atomic mass is 16.5. The van der Waals surface area contributed by atoms with Gasteiger partial charge >= 0.3 is 17.9 Å². The normalized spacial score (nSPS) is 14.7. The molecule has 4 rings (SSSR count).